The highest BCUT2D eigenvalue weighted by atomic mass is 32.2. The maximum atomic E-state index is 11.4. The Labute approximate surface area is 156 Å². The van der Waals surface area contributed by atoms with E-state index in [9.17, 15) is 8.42 Å². The first-order valence-electron chi connectivity index (χ1n) is 9.93. The number of aryl methyl sites for hydroxylation is 1. The number of hydrogen-bond acceptors (Lipinski definition) is 5. The molecule has 1 unspecified atom stereocenters. The number of aromatic nitrogens is 2. The summed E-state index contributed by atoms with van der Waals surface area (Å²) in [5.74, 6) is 2.57. The monoisotopic (exact) mass is 378 g/mol. The Bertz CT molecular complexity index is 761. The second kappa shape index (κ2) is 7.17. The Balaban J connectivity index is 1.50. The molecule has 1 aromatic rings. The molecule has 4 heterocycles. The SMILES string of the molecule is Cc1nc(C2CCCC2)cc([C@@H]2CN3CC[C@H]2C[C@@H]3CNS(C)(=O)=O)n1. The molecular formula is C19H30N4O2S. The summed E-state index contributed by atoms with van der Waals surface area (Å²) >= 11 is 0. The number of nitrogens with zero attached hydrogens (tertiary/aromatic N) is 3. The topological polar surface area (TPSA) is 75.2 Å². The highest BCUT2D eigenvalue weighted by Crippen LogP contribution is 2.42. The van der Waals surface area contributed by atoms with E-state index in [1.54, 1.807) is 0 Å². The second-order valence-corrected chi connectivity index (χ2v) is 10.2. The van der Waals surface area contributed by atoms with Gasteiger partial charge in [0.15, 0.2) is 0 Å². The van der Waals surface area contributed by atoms with Crippen molar-refractivity contribution in [3.63, 3.8) is 0 Å². The third-order valence-corrected chi connectivity index (χ3v) is 7.18. The highest BCUT2D eigenvalue weighted by Gasteiger charge is 2.41. The summed E-state index contributed by atoms with van der Waals surface area (Å²) in [5, 5.41) is 0. The Morgan fingerprint density at radius 1 is 1.19 bits per heavy atom. The number of sulfonamides is 1. The lowest BCUT2D eigenvalue weighted by molar-refractivity contribution is 0.0316. The molecule has 0 spiro atoms. The molecule has 0 aromatic carbocycles. The Kier molecular flexibility index (Phi) is 5.05. The van der Waals surface area contributed by atoms with Gasteiger partial charge in [-0.1, -0.05) is 12.8 Å². The minimum Gasteiger partial charge on any atom is -0.298 e. The highest BCUT2D eigenvalue weighted by molar-refractivity contribution is 7.88. The predicted molar refractivity (Wildman–Crippen MR) is 102 cm³/mol. The first-order valence-corrected chi connectivity index (χ1v) is 11.8. The Hall–Kier alpha value is -1.05. The molecule has 4 atom stereocenters. The Morgan fingerprint density at radius 3 is 2.58 bits per heavy atom. The van der Waals surface area contributed by atoms with Gasteiger partial charge in [-0.05, 0) is 51.1 Å². The minimum absolute atomic E-state index is 0.317. The van der Waals surface area contributed by atoms with Gasteiger partial charge in [0.25, 0.3) is 0 Å². The molecule has 5 rings (SSSR count). The molecule has 1 saturated carbocycles. The van der Waals surface area contributed by atoms with Gasteiger partial charge in [0, 0.05) is 42.4 Å². The van der Waals surface area contributed by atoms with E-state index in [1.807, 2.05) is 6.92 Å². The van der Waals surface area contributed by atoms with Crippen molar-refractivity contribution in [2.24, 2.45) is 5.92 Å². The van der Waals surface area contributed by atoms with E-state index >= 15 is 0 Å². The van der Waals surface area contributed by atoms with Crippen molar-refractivity contribution in [2.75, 3.05) is 25.9 Å². The van der Waals surface area contributed by atoms with E-state index in [1.165, 1.54) is 49.7 Å². The van der Waals surface area contributed by atoms with Crippen molar-refractivity contribution in [2.45, 2.75) is 63.3 Å². The zero-order valence-electron chi connectivity index (χ0n) is 15.8. The molecule has 0 amide bonds. The standard InChI is InChI=1S/C19H30N4O2S/c1-13-21-18(14-5-3-4-6-14)10-19(22-13)17-12-23-8-7-15(17)9-16(23)11-20-26(2,24)25/h10,14-17,20H,3-9,11-12H2,1-2H3/t15-,16+,17+/m0/s1. The van der Waals surface area contributed by atoms with Crippen molar-refractivity contribution in [3.05, 3.63) is 23.3 Å². The quantitative estimate of drug-likeness (QED) is 0.850. The van der Waals surface area contributed by atoms with Crippen molar-refractivity contribution >= 4 is 10.0 Å². The van der Waals surface area contributed by atoms with Crippen molar-refractivity contribution in [3.8, 4) is 0 Å². The summed E-state index contributed by atoms with van der Waals surface area (Å²) in [6, 6.07) is 2.59. The average molecular weight is 379 g/mol. The lowest BCUT2D eigenvalue weighted by Crippen LogP contribution is -2.56. The molecule has 0 radical (unpaired) electrons. The van der Waals surface area contributed by atoms with E-state index in [0.29, 0.717) is 30.3 Å². The molecule has 144 valence electrons. The first-order chi connectivity index (χ1) is 12.4. The van der Waals surface area contributed by atoms with Crippen molar-refractivity contribution < 1.29 is 8.42 Å². The van der Waals surface area contributed by atoms with Gasteiger partial charge in [-0.25, -0.2) is 23.1 Å². The maximum absolute atomic E-state index is 11.4. The van der Waals surface area contributed by atoms with Gasteiger partial charge < -0.3 is 0 Å². The molecule has 3 aliphatic heterocycles. The number of rotatable bonds is 5. The molecule has 3 saturated heterocycles. The summed E-state index contributed by atoms with van der Waals surface area (Å²) in [4.78, 5) is 12.0. The van der Waals surface area contributed by atoms with Crippen molar-refractivity contribution in [1.29, 1.82) is 0 Å². The summed E-state index contributed by atoms with van der Waals surface area (Å²) < 4.78 is 25.5. The first kappa shape index (κ1) is 18.3. The molecule has 4 aliphatic rings. The van der Waals surface area contributed by atoms with Crippen molar-refractivity contribution in [1.82, 2.24) is 19.6 Å². The van der Waals surface area contributed by atoms with Crippen LogP contribution >= 0.6 is 0 Å². The average Bonchev–Trinajstić information content (AvgIpc) is 3.14. The van der Waals surface area contributed by atoms with Gasteiger partial charge >= 0.3 is 0 Å². The van der Waals surface area contributed by atoms with Gasteiger partial charge in [0.2, 0.25) is 10.0 Å². The van der Waals surface area contributed by atoms with Gasteiger partial charge in [-0.2, -0.15) is 0 Å². The summed E-state index contributed by atoms with van der Waals surface area (Å²) in [7, 11) is -3.12. The molecule has 7 heteroatoms. The molecule has 1 aromatic heterocycles. The molecule has 1 aliphatic carbocycles. The van der Waals surface area contributed by atoms with Crippen LogP contribution < -0.4 is 4.72 Å². The summed E-state index contributed by atoms with van der Waals surface area (Å²) in [5.41, 5.74) is 2.46. The van der Waals surface area contributed by atoms with E-state index < -0.39 is 10.0 Å². The van der Waals surface area contributed by atoms with Gasteiger partial charge in [-0.3, -0.25) is 4.90 Å². The van der Waals surface area contributed by atoms with E-state index in [4.69, 9.17) is 9.97 Å². The summed E-state index contributed by atoms with van der Waals surface area (Å²) in [6.45, 7) is 4.60. The number of fused-ring (bicyclic) bond motifs is 3. The van der Waals surface area contributed by atoms with Crippen LogP contribution in [0, 0.1) is 12.8 Å². The molecule has 1 N–H and O–H groups in total. The fourth-order valence-corrected chi connectivity index (χ4v) is 5.66. The number of nitrogens with one attached hydrogen (secondary N) is 1. The second-order valence-electron chi connectivity index (χ2n) is 8.41. The minimum atomic E-state index is -3.12. The van der Waals surface area contributed by atoms with Crippen LogP contribution in [0.1, 0.15) is 67.6 Å². The predicted octanol–water partition coefficient (Wildman–Crippen LogP) is 2.17. The fourth-order valence-electron chi connectivity index (χ4n) is 5.17. The fraction of sp³-hybridized carbons (Fsp3) is 0.789. The van der Waals surface area contributed by atoms with Gasteiger partial charge in [0.05, 0.1) is 6.26 Å². The van der Waals surface area contributed by atoms with Gasteiger partial charge in [0.1, 0.15) is 5.82 Å². The van der Waals surface area contributed by atoms with Crippen LogP contribution in [0.15, 0.2) is 6.07 Å². The summed E-state index contributed by atoms with van der Waals surface area (Å²) in [6.07, 6.45) is 8.62. The van der Waals surface area contributed by atoms with E-state index in [-0.39, 0.29) is 0 Å². The van der Waals surface area contributed by atoms with Crippen LogP contribution in [0.25, 0.3) is 0 Å². The number of piperidine rings is 3. The normalized spacial score (nSPS) is 32.2. The largest absolute Gasteiger partial charge is 0.298 e. The molecule has 4 fully saturated rings. The maximum Gasteiger partial charge on any atom is 0.208 e. The Morgan fingerprint density at radius 2 is 1.92 bits per heavy atom. The number of hydrogen-bond donors (Lipinski definition) is 1. The molecular weight excluding hydrogens is 348 g/mol. The van der Waals surface area contributed by atoms with E-state index in [0.717, 1.165) is 25.3 Å². The van der Waals surface area contributed by atoms with Crippen LogP contribution in [0.3, 0.4) is 0 Å². The van der Waals surface area contributed by atoms with Crippen LogP contribution in [0.2, 0.25) is 0 Å². The van der Waals surface area contributed by atoms with Gasteiger partial charge in [-0.15, -0.1) is 0 Å². The van der Waals surface area contributed by atoms with Crippen LogP contribution in [0.4, 0.5) is 0 Å². The van der Waals surface area contributed by atoms with E-state index in [2.05, 4.69) is 15.7 Å². The lowest BCUT2D eigenvalue weighted by atomic mass is 9.74. The lowest BCUT2D eigenvalue weighted by Gasteiger charge is -2.49. The smallest absolute Gasteiger partial charge is 0.208 e. The molecule has 2 bridgehead atoms. The third-order valence-electron chi connectivity index (χ3n) is 6.49. The van der Waals surface area contributed by atoms with Crippen LogP contribution in [0.5, 0.6) is 0 Å². The zero-order valence-corrected chi connectivity index (χ0v) is 16.6. The molecule has 26 heavy (non-hydrogen) atoms. The van der Waals surface area contributed by atoms with Crippen LogP contribution in [-0.2, 0) is 10.0 Å². The zero-order chi connectivity index (χ0) is 18.3. The van der Waals surface area contributed by atoms with Crippen LogP contribution in [-0.4, -0.2) is 55.2 Å². The molecule has 6 nitrogen and oxygen atoms in total. The third kappa shape index (κ3) is 3.94.